The summed E-state index contributed by atoms with van der Waals surface area (Å²) >= 11 is 0. The van der Waals surface area contributed by atoms with Crippen LogP contribution in [0.15, 0.2) is 24.3 Å². The molecule has 0 aliphatic heterocycles. The molecular weight excluding hydrogens is 675 g/mol. The van der Waals surface area contributed by atoms with Crippen LogP contribution >= 0.6 is 7.82 Å². The topological polar surface area (TPSA) is 180 Å². The number of esters is 2. The summed E-state index contributed by atoms with van der Waals surface area (Å²) in [6.07, 6.45) is 25.7. The summed E-state index contributed by atoms with van der Waals surface area (Å²) in [5, 5.41) is 31.2. The van der Waals surface area contributed by atoms with Crippen LogP contribution in [0.25, 0.3) is 0 Å². The molecule has 0 radical (unpaired) electrons. The summed E-state index contributed by atoms with van der Waals surface area (Å²) in [4.78, 5) is 42.9. The molecule has 0 aromatic rings. The summed E-state index contributed by atoms with van der Waals surface area (Å²) < 4.78 is 26.3. The van der Waals surface area contributed by atoms with E-state index in [2.05, 4.69) is 18.4 Å². The predicted molar refractivity (Wildman–Crippen MR) is 200 cm³/mol. The van der Waals surface area contributed by atoms with Gasteiger partial charge in [-0.25, -0.2) is 4.57 Å². The number of unbranched alkanes of at least 4 members (excludes halogenated alkanes) is 15. The SMILES string of the molecule is CCCCCCCCCCCCCCCC(=O)OC[C@H](COP(=O)(O)O)OC(=O)CCC/C=C/C[C@@H]1[C@@H](/C=C/[C@@H](O)CCCCC)[C@H](O)C[C@@H]1O. The Labute approximate surface area is 307 Å². The number of carbonyl (C=O) groups is 2. The van der Waals surface area contributed by atoms with E-state index in [9.17, 15) is 29.5 Å². The molecule has 5 N–H and O–H groups in total. The van der Waals surface area contributed by atoms with Gasteiger partial charge < -0.3 is 34.6 Å². The van der Waals surface area contributed by atoms with Gasteiger partial charge in [0.15, 0.2) is 6.10 Å². The van der Waals surface area contributed by atoms with Crippen molar-refractivity contribution in [2.75, 3.05) is 13.2 Å². The first-order valence-corrected chi connectivity index (χ1v) is 21.4. The minimum absolute atomic E-state index is 0.0374. The van der Waals surface area contributed by atoms with Crippen LogP contribution in [0.5, 0.6) is 0 Å². The molecule has 1 fully saturated rings. The molecule has 0 heterocycles. The molecule has 1 rings (SSSR count). The Bertz CT molecular complexity index is 998. The predicted octanol–water partition coefficient (Wildman–Crippen LogP) is 8.00. The number of aliphatic hydroxyl groups excluding tert-OH is 3. The Morgan fingerprint density at radius 1 is 0.745 bits per heavy atom. The largest absolute Gasteiger partial charge is 0.469 e. The molecule has 0 unspecified atom stereocenters. The molecule has 0 amide bonds. The number of hydrogen-bond donors (Lipinski definition) is 5. The van der Waals surface area contributed by atoms with Crippen molar-refractivity contribution < 1.29 is 53.3 Å². The molecule has 1 aliphatic rings. The van der Waals surface area contributed by atoms with E-state index in [1.54, 1.807) is 6.08 Å². The van der Waals surface area contributed by atoms with Gasteiger partial charge in [0.05, 0.1) is 24.9 Å². The zero-order valence-corrected chi connectivity index (χ0v) is 32.5. The van der Waals surface area contributed by atoms with Crippen molar-refractivity contribution in [2.45, 2.75) is 186 Å². The van der Waals surface area contributed by atoms with Gasteiger partial charge in [-0.15, -0.1) is 0 Å². The highest BCUT2D eigenvalue weighted by Gasteiger charge is 2.39. The zero-order valence-electron chi connectivity index (χ0n) is 31.6. The minimum Gasteiger partial charge on any atom is -0.462 e. The van der Waals surface area contributed by atoms with Gasteiger partial charge in [-0.2, -0.15) is 0 Å². The van der Waals surface area contributed by atoms with Crippen LogP contribution in [0, 0.1) is 11.8 Å². The molecule has 0 spiro atoms. The Balaban J connectivity index is 2.34. The van der Waals surface area contributed by atoms with E-state index in [0.29, 0.717) is 32.1 Å². The van der Waals surface area contributed by atoms with Gasteiger partial charge in [-0.05, 0) is 38.0 Å². The standard InChI is InChI=1S/C39H71O11P/c1-3-5-7-8-9-10-11-12-13-14-15-16-21-25-38(43)48-30-33(31-49-51(45,46)47)50-39(44)26-22-18-17-20-24-34-35(37(42)29-36(34)41)28-27-32(40)23-19-6-4-2/h17,20,27-28,32-37,40-42H,3-16,18-19,21-26,29-31H2,1-2H3,(H2,45,46,47)/b20-17+,28-27+/t32-,33+,34+,35+,36-,37+/m0/s1. The second-order valence-electron chi connectivity index (χ2n) is 14.2. The number of phosphoric ester groups is 1. The minimum atomic E-state index is -4.82. The van der Waals surface area contributed by atoms with Crippen LogP contribution in [0.2, 0.25) is 0 Å². The highest BCUT2D eigenvalue weighted by Crippen LogP contribution is 2.37. The lowest BCUT2D eigenvalue weighted by Crippen LogP contribution is -2.29. The zero-order chi connectivity index (χ0) is 37.7. The summed E-state index contributed by atoms with van der Waals surface area (Å²) in [6, 6.07) is 0. The summed E-state index contributed by atoms with van der Waals surface area (Å²) in [5.74, 6) is -1.49. The third-order valence-corrected chi connectivity index (χ3v) is 10.0. The molecular formula is C39H71O11P. The Kier molecular flexibility index (Phi) is 27.7. The fourth-order valence-electron chi connectivity index (χ4n) is 6.48. The van der Waals surface area contributed by atoms with Crippen molar-refractivity contribution in [3.8, 4) is 0 Å². The molecule has 11 nitrogen and oxygen atoms in total. The third kappa shape index (κ3) is 25.9. The van der Waals surface area contributed by atoms with Gasteiger partial charge in [0.1, 0.15) is 6.61 Å². The molecule has 0 aromatic carbocycles. The maximum Gasteiger partial charge on any atom is 0.469 e. The maximum atomic E-state index is 12.5. The van der Waals surface area contributed by atoms with Crippen LogP contribution in [0.1, 0.15) is 162 Å². The fraction of sp³-hybridized carbons (Fsp3) is 0.846. The Morgan fingerprint density at radius 3 is 1.92 bits per heavy atom. The number of allylic oxidation sites excluding steroid dienone is 2. The van der Waals surface area contributed by atoms with Gasteiger partial charge in [0.25, 0.3) is 0 Å². The van der Waals surface area contributed by atoms with Gasteiger partial charge in [0, 0.05) is 25.2 Å². The van der Waals surface area contributed by atoms with Crippen LogP contribution in [0.3, 0.4) is 0 Å². The van der Waals surface area contributed by atoms with Crippen molar-refractivity contribution in [3.05, 3.63) is 24.3 Å². The van der Waals surface area contributed by atoms with E-state index in [1.807, 2.05) is 18.2 Å². The van der Waals surface area contributed by atoms with Crippen molar-refractivity contribution in [2.24, 2.45) is 11.8 Å². The van der Waals surface area contributed by atoms with Crippen molar-refractivity contribution in [1.82, 2.24) is 0 Å². The molecule has 12 heteroatoms. The number of ether oxygens (including phenoxy) is 2. The fourth-order valence-corrected chi connectivity index (χ4v) is 6.84. The first-order chi connectivity index (χ1) is 24.5. The molecule has 1 aliphatic carbocycles. The van der Waals surface area contributed by atoms with Crippen molar-refractivity contribution >= 4 is 19.8 Å². The number of phosphoric acid groups is 1. The lowest BCUT2D eigenvalue weighted by Gasteiger charge is -2.19. The summed E-state index contributed by atoms with van der Waals surface area (Å²) in [6.45, 7) is 3.37. The highest BCUT2D eigenvalue weighted by molar-refractivity contribution is 7.46. The first kappa shape index (κ1) is 47.4. The smallest absolute Gasteiger partial charge is 0.462 e. The number of aliphatic hydroxyl groups is 3. The average molecular weight is 747 g/mol. The molecule has 0 aromatic heterocycles. The quantitative estimate of drug-likeness (QED) is 0.0195. The van der Waals surface area contributed by atoms with Crippen molar-refractivity contribution in [1.29, 1.82) is 0 Å². The number of rotatable bonds is 32. The molecule has 0 saturated heterocycles. The second kappa shape index (κ2) is 29.8. The van der Waals surface area contributed by atoms with E-state index in [4.69, 9.17) is 19.3 Å². The van der Waals surface area contributed by atoms with Gasteiger partial charge in [-0.1, -0.05) is 134 Å². The van der Waals surface area contributed by atoms with Crippen LogP contribution < -0.4 is 0 Å². The Hall–Kier alpha value is -1.59. The third-order valence-electron chi connectivity index (χ3n) is 9.54. The van der Waals surface area contributed by atoms with Crippen molar-refractivity contribution in [3.63, 3.8) is 0 Å². The molecule has 298 valence electrons. The van der Waals surface area contributed by atoms with E-state index in [0.717, 1.165) is 38.5 Å². The normalized spacial score (nSPS) is 20.7. The highest BCUT2D eigenvalue weighted by atomic mass is 31.2. The Morgan fingerprint density at radius 2 is 1.31 bits per heavy atom. The van der Waals surface area contributed by atoms with E-state index in [1.165, 1.54) is 57.8 Å². The van der Waals surface area contributed by atoms with Gasteiger partial charge in [-0.3, -0.25) is 14.1 Å². The van der Waals surface area contributed by atoms with E-state index in [-0.39, 0.29) is 37.7 Å². The van der Waals surface area contributed by atoms with Crippen LogP contribution in [-0.4, -0.2) is 74.7 Å². The van der Waals surface area contributed by atoms with E-state index < -0.39 is 50.8 Å². The van der Waals surface area contributed by atoms with E-state index >= 15 is 0 Å². The number of carbonyl (C=O) groups excluding carboxylic acids is 2. The van der Waals surface area contributed by atoms with Crippen LogP contribution in [-0.2, 0) is 28.2 Å². The molecule has 0 bridgehead atoms. The first-order valence-electron chi connectivity index (χ1n) is 19.9. The lowest BCUT2D eigenvalue weighted by molar-refractivity contribution is -0.161. The molecule has 1 saturated carbocycles. The monoisotopic (exact) mass is 746 g/mol. The van der Waals surface area contributed by atoms with Gasteiger partial charge in [0.2, 0.25) is 0 Å². The van der Waals surface area contributed by atoms with Crippen LogP contribution in [0.4, 0.5) is 0 Å². The maximum absolute atomic E-state index is 12.5. The summed E-state index contributed by atoms with van der Waals surface area (Å²) in [5.41, 5.74) is 0. The summed E-state index contributed by atoms with van der Waals surface area (Å²) in [7, 11) is -4.82. The number of hydrogen-bond acceptors (Lipinski definition) is 9. The van der Waals surface area contributed by atoms with Gasteiger partial charge >= 0.3 is 19.8 Å². The average Bonchev–Trinajstić information content (AvgIpc) is 3.35. The second-order valence-corrected chi connectivity index (χ2v) is 15.5. The molecule has 6 atom stereocenters. The molecule has 51 heavy (non-hydrogen) atoms. The lowest BCUT2D eigenvalue weighted by atomic mass is 9.89.